The minimum atomic E-state index is -0.297. The lowest BCUT2D eigenvalue weighted by atomic mass is 10.3. The molecule has 9 nitrogen and oxygen atoms in total. The number of guanidine groups is 1. The molecule has 1 aromatic carbocycles. The zero-order valence-electron chi connectivity index (χ0n) is 18.5. The molecule has 0 spiro atoms. The summed E-state index contributed by atoms with van der Waals surface area (Å²) in [5.41, 5.74) is 0. The fourth-order valence-corrected chi connectivity index (χ4v) is 3.30. The number of halogens is 1. The van der Waals surface area contributed by atoms with Gasteiger partial charge in [-0.1, -0.05) is 0 Å². The molecule has 1 amide bonds. The van der Waals surface area contributed by atoms with E-state index in [1.165, 1.54) is 12.1 Å². The summed E-state index contributed by atoms with van der Waals surface area (Å²) in [6.45, 7) is 5.65. The summed E-state index contributed by atoms with van der Waals surface area (Å²) < 4.78 is 18.7. The number of anilines is 1. The van der Waals surface area contributed by atoms with Crippen LogP contribution in [0.4, 0.5) is 10.3 Å². The van der Waals surface area contributed by atoms with E-state index in [4.69, 9.17) is 4.74 Å². The molecule has 1 aliphatic rings. The van der Waals surface area contributed by atoms with Gasteiger partial charge in [-0.2, -0.15) is 0 Å². The molecule has 1 aliphatic heterocycles. The van der Waals surface area contributed by atoms with E-state index in [0.29, 0.717) is 50.3 Å². The van der Waals surface area contributed by atoms with Crippen LogP contribution >= 0.6 is 0 Å². The van der Waals surface area contributed by atoms with Crippen molar-refractivity contribution in [2.45, 2.75) is 19.4 Å². The van der Waals surface area contributed by atoms with E-state index in [1.807, 2.05) is 11.8 Å². The number of hydrogen-bond donors (Lipinski definition) is 2. The van der Waals surface area contributed by atoms with E-state index in [-0.39, 0.29) is 17.8 Å². The lowest BCUT2D eigenvalue weighted by Gasteiger charge is -2.34. The third kappa shape index (κ3) is 7.07. The van der Waals surface area contributed by atoms with Crippen LogP contribution in [0.1, 0.15) is 13.3 Å². The standard InChI is InChI=1S/C22H30FN7O2/c1-17(32-19-6-4-18(23)5-7-19)16-28-21(24-2)25-11-8-20(31)29-12-14-30(15-13-29)22-26-9-3-10-27-22/h3-7,9-10,17H,8,11-16H2,1-2H3,(H2,24,25,28). The molecule has 172 valence electrons. The number of rotatable bonds is 8. The molecule has 32 heavy (non-hydrogen) atoms. The summed E-state index contributed by atoms with van der Waals surface area (Å²) >= 11 is 0. The smallest absolute Gasteiger partial charge is 0.225 e. The Morgan fingerprint density at radius 2 is 1.84 bits per heavy atom. The first kappa shape index (κ1) is 23.2. The van der Waals surface area contributed by atoms with Crippen molar-refractivity contribution >= 4 is 17.8 Å². The summed E-state index contributed by atoms with van der Waals surface area (Å²) in [6.07, 6.45) is 3.68. The van der Waals surface area contributed by atoms with Crippen LogP contribution in [0.25, 0.3) is 0 Å². The molecule has 2 N–H and O–H groups in total. The summed E-state index contributed by atoms with van der Waals surface area (Å²) in [7, 11) is 1.67. The molecule has 1 aromatic heterocycles. The molecule has 1 unspecified atom stereocenters. The molecule has 1 saturated heterocycles. The van der Waals surface area contributed by atoms with Crippen molar-refractivity contribution < 1.29 is 13.9 Å². The molecule has 0 saturated carbocycles. The summed E-state index contributed by atoms with van der Waals surface area (Å²) in [5.74, 6) is 1.71. The van der Waals surface area contributed by atoms with Crippen LogP contribution in [-0.4, -0.2) is 79.2 Å². The predicted octanol–water partition coefficient (Wildman–Crippen LogP) is 1.29. The maximum Gasteiger partial charge on any atom is 0.225 e. The van der Waals surface area contributed by atoms with Crippen molar-refractivity contribution in [2.24, 2.45) is 4.99 Å². The first-order chi connectivity index (χ1) is 15.5. The zero-order valence-corrected chi connectivity index (χ0v) is 18.5. The van der Waals surface area contributed by atoms with Gasteiger partial charge >= 0.3 is 0 Å². The van der Waals surface area contributed by atoms with Gasteiger partial charge in [-0.05, 0) is 37.3 Å². The Hall–Kier alpha value is -3.43. The monoisotopic (exact) mass is 443 g/mol. The third-order valence-electron chi connectivity index (χ3n) is 5.03. The van der Waals surface area contributed by atoms with E-state index in [9.17, 15) is 9.18 Å². The van der Waals surface area contributed by atoms with Gasteiger partial charge < -0.3 is 25.2 Å². The fraction of sp³-hybridized carbons (Fsp3) is 0.455. The van der Waals surface area contributed by atoms with Crippen molar-refractivity contribution in [2.75, 3.05) is 51.2 Å². The molecular weight excluding hydrogens is 413 g/mol. The van der Waals surface area contributed by atoms with Crippen molar-refractivity contribution in [3.63, 3.8) is 0 Å². The average molecular weight is 444 g/mol. The molecule has 3 rings (SSSR count). The van der Waals surface area contributed by atoms with Crippen LogP contribution in [0.15, 0.2) is 47.7 Å². The number of hydrogen-bond acceptors (Lipinski definition) is 6. The Bertz CT molecular complexity index is 872. The molecule has 0 bridgehead atoms. The van der Waals surface area contributed by atoms with Gasteiger partial charge in [0.2, 0.25) is 11.9 Å². The summed E-state index contributed by atoms with van der Waals surface area (Å²) in [5, 5.41) is 6.33. The highest BCUT2D eigenvalue weighted by Crippen LogP contribution is 2.13. The highest BCUT2D eigenvalue weighted by molar-refractivity contribution is 5.81. The second-order valence-electron chi connectivity index (χ2n) is 7.43. The topological polar surface area (TPSA) is 95.0 Å². The molecule has 1 fully saturated rings. The number of carbonyl (C=O) groups is 1. The minimum absolute atomic E-state index is 0.106. The van der Waals surface area contributed by atoms with Crippen molar-refractivity contribution in [3.05, 3.63) is 48.5 Å². The minimum Gasteiger partial charge on any atom is -0.489 e. The number of nitrogens with one attached hydrogen (secondary N) is 2. The van der Waals surface area contributed by atoms with Crippen LogP contribution in [-0.2, 0) is 4.79 Å². The van der Waals surface area contributed by atoms with Crippen molar-refractivity contribution in [3.8, 4) is 5.75 Å². The van der Waals surface area contributed by atoms with Gasteiger partial charge in [0.25, 0.3) is 0 Å². The normalized spacial score (nSPS) is 15.3. The fourth-order valence-electron chi connectivity index (χ4n) is 3.30. The summed E-state index contributed by atoms with van der Waals surface area (Å²) in [4.78, 5) is 29.2. The Morgan fingerprint density at radius 1 is 1.16 bits per heavy atom. The van der Waals surface area contributed by atoms with E-state index < -0.39 is 0 Å². The molecule has 0 aliphatic carbocycles. The molecule has 2 aromatic rings. The van der Waals surface area contributed by atoms with Gasteiger partial charge in [0.1, 0.15) is 17.7 Å². The van der Waals surface area contributed by atoms with Gasteiger partial charge in [0, 0.05) is 58.6 Å². The van der Waals surface area contributed by atoms with Gasteiger partial charge in [0.05, 0.1) is 6.54 Å². The Labute approximate surface area is 187 Å². The third-order valence-corrected chi connectivity index (χ3v) is 5.03. The molecule has 2 heterocycles. The number of amides is 1. The van der Waals surface area contributed by atoms with Gasteiger partial charge in [0.15, 0.2) is 5.96 Å². The van der Waals surface area contributed by atoms with E-state index >= 15 is 0 Å². The quantitative estimate of drug-likeness (QED) is 0.469. The van der Waals surface area contributed by atoms with Crippen LogP contribution in [0.5, 0.6) is 5.75 Å². The average Bonchev–Trinajstić information content (AvgIpc) is 2.83. The number of ether oxygens (including phenoxy) is 1. The first-order valence-corrected chi connectivity index (χ1v) is 10.7. The molecular formula is C22H30FN7O2. The highest BCUT2D eigenvalue weighted by atomic mass is 19.1. The number of nitrogens with zero attached hydrogens (tertiary/aromatic N) is 5. The van der Waals surface area contributed by atoms with Crippen LogP contribution in [0, 0.1) is 5.82 Å². The van der Waals surface area contributed by atoms with E-state index in [2.05, 4.69) is 30.5 Å². The number of aromatic nitrogens is 2. The SMILES string of the molecule is CN=C(NCCC(=O)N1CCN(c2ncccn2)CC1)NCC(C)Oc1ccc(F)cc1. The number of carbonyl (C=O) groups excluding carboxylic acids is 1. The molecule has 1 atom stereocenters. The summed E-state index contributed by atoms with van der Waals surface area (Å²) in [6, 6.07) is 7.71. The largest absolute Gasteiger partial charge is 0.489 e. The van der Waals surface area contributed by atoms with E-state index in [1.54, 1.807) is 37.6 Å². The molecule has 0 radical (unpaired) electrons. The Kier molecular flexibility index (Phi) is 8.59. The maximum atomic E-state index is 13.0. The van der Waals surface area contributed by atoms with Gasteiger partial charge in [-0.25, -0.2) is 14.4 Å². The lowest BCUT2D eigenvalue weighted by molar-refractivity contribution is -0.131. The van der Waals surface area contributed by atoms with Crippen LogP contribution in [0.2, 0.25) is 0 Å². The van der Waals surface area contributed by atoms with Crippen LogP contribution < -0.4 is 20.3 Å². The number of aliphatic imine (C=N–C) groups is 1. The van der Waals surface area contributed by atoms with Gasteiger partial charge in [-0.15, -0.1) is 0 Å². The van der Waals surface area contributed by atoms with E-state index in [0.717, 1.165) is 13.1 Å². The van der Waals surface area contributed by atoms with Crippen molar-refractivity contribution in [1.82, 2.24) is 25.5 Å². The maximum absolute atomic E-state index is 13.0. The second-order valence-corrected chi connectivity index (χ2v) is 7.43. The molecule has 10 heteroatoms. The van der Waals surface area contributed by atoms with Gasteiger partial charge in [-0.3, -0.25) is 9.79 Å². The highest BCUT2D eigenvalue weighted by Gasteiger charge is 2.22. The first-order valence-electron chi connectivity index (χ1n) is 10.7. The van der Waals surface area contributed by atoms with Crippen LogP contribution in [0.3, 0.4) is 0 Å². The Balaban J connectivity index is 1.33. The Morgan fingerprint density at radius 3 is 2.50 bits per heavy atom. The second kappa shape index (κ2) is 11.8. The lowest BCUT2D eigenvalue weighted by Crippen LogP contribution is -2.50. The number of benzene rings is 1. The zero-order chi connectivity index (χ0) is 22.8. The van der Waals surface area contributed by atoms with Crippen molar-refractivity contribution in [1.29, 1.82) is 0 Å². The number of piperazine rings is 1. The predicted molar refractivity (Wildman–Crippen MR) is 121 cm³/mol.